The largest absolute Gasteiger partial charge is 0.493 e. The van der Waals surface area contributed by atoms with Crippen molar-refractivity contribution < 1.29 is 28.9 Å². The van der Waals surface area contributed by atoms with Crippen molar-refractivity contribution in [2.45, 2.75) is 12.8 Å². The predicted octanol–water partition coefficient (Wildman–Crippen LogP) is 3.64. The lowest BCUT2D eigenvalue weighted by molar-refractivity contribution is -0.393. The summed E-state index contributed by atoms with van der Waals surface area (Å²) in [7, 11) is 3.04. The molecule has 1 fully saturated rings. The molecule has 3 rings (SSSR count). The topological polar surface area (TPSA) is 166 Å². The Morgan fingerprint density at radius 1 is 1.11 bits per heavy atom. The molecular weight excluding hydrogens is 526 g/mol. The number of non-ortho nitro benzene ring substituents is 1. The number of nitrogens with one attached hydrogen (secondary N) is 2. The van der Waals surface area contributed by atoms with Crippen LogP contribution in [0, 0.1) is 20.2 Å². The third-order valence-electron chi connectivity index (χ3n) is 5.09. The number of hydrogen-bond acceptors (Lipinski definition) is 11. The van der Waals surface area contributed by atoms with Gasteiger partial charge >= 0.3 is 5.69 Å². The number of nitro benzene ring substituents is 2. The number of methoxy groups -OCH3 is 2. The molecule has 2 aromatic rings. The Labute approximate surface area is 220 Å². The maximum atomic E-state index is 12.8. The lowest BCUT2D eigenvalue weighted by atomic mass is 10.2. The van der Waals surface area contributed by atoms with Gasteiger partial charge in [0.1, 0.15) is 10.0 Å². The minimum Gasteiger partial charge on any atom is -0.493 e. The zero-order chi connectivity index (χ0) is 27.1. The number of nitro groups is 2. The molecule has 194 valence electrons. The molecule has 1 aliphatic heterocycles. The molecule has 37 heavy (non-hydrogen) atoms. The van der Waals surface area contributed by atoms with E-state index in [1.165, 1.54) is 19.1 Å². The first-order chi connectivity index (χ1) is 17.6. The van der Waals surface area contributed by atoms with Gasteiger partial charge in [0, 0.05) is 19.0 Å². The van der Waals surface area contributed by atoms with Gasteiger partial charge in [0.2, 0.25) is 5.91 Å². The van der Waals surface area contributed by atoms with E-state index in [1.54, 1.807) is 24.3 Å². The van der Waals surface area contributed by atoms with Crippen LogP contribution in [0.1, 0.15) is 18.4 Å². The third-order valence-corrected chi connectivity index (χ3v) is 6.47. The molecule has 0 unspecified atom stereocenters. The van der Waals surface area contributed by atoms with Gasteiger partial charge in [-0.1, -0.05) is 30.0 Å². The van der Waals surface area contributed by atoms with Gasteiger partial charge in [-0.05, 0) is 36.3 Å². The number of amides is 2. The summed E-state index contributed by atoms with van der Waals surface area (Å²) in [5, 5.41) is 22.0. The van der Waals surface area contributed by atoms with Crippen molar-refractivity contribution in [1.82, 2.24) is 10.3 Å². The third kappa shape index (κ3) is 6.71. The number of thiocarbonyl (C=S) groups is 1. The van der Waals surface area contributed by atoms with Crippen LogP contribution in [0.3, 0.4) is 0 Å². The highest BCUT2D eigenvalue weighted by atomic mass is 32.2. The van der Waals surface area contributed by atoms with Crippen LogP contribution in [-0.4, -0.2) is 51.6 Å². The average Bonchev–Trinajstić information content (AvgIpc) is 3.14. The Balaban J connectivity index is 1.55. The van der Waals surface area contributed by atoms with E-state index < -0.39 is 27.1 Å². The van der Waals surface area contributed by atoms with Crippen LogP contribution in [0.4, 0.5) is 17.1 Å². The number of anilines is 1. The Morgan fingerprint density at radius 2 is 1.84 bits per heavy atom. The highest BCUT2D eigenvalue weighted by Crippen LogP contribution is 2.35. The summed E-state index contributed by atoms with van der Waals surface area (Å²) in [6.45, 7) is 0.193. The van der Waals surface area contributed by atoms with Crippen molar-refractivity contribution in [3.05, 3.63) is 67.1 Å². The molecule has 15 heteroatoms. The number of benzene rings is 2. The second-order valence-corrected chi connectivity index (χ2v) is 9.12. The van der Waals surface area contributed by atoms with Crippen molar-refractivity contribution in [3.63, 3.8) is 0 Å². The van der Waals surface area contributed by atoms with Crippen LogP contribution in [-0.2, 0) is 9.59 Å². The number of rotatable bonds is 11. The van der Waals surface area contributed by atoms with Gasteiger partial charge in [-0.25, -0.2) is 0 Å². The number of hydrazine groups is 1. The molecule has 0 atom stereocenters. The first kappa shape index (κ1) is 27.3. The number of hydrogen-bond donors (Lipinski definition) is 2. The number of carbonyl (C=O) groups excluding carboxylic acids is 2. The van der Waals surface area contributed by atoms with Gasteiger partial charge in [0.25, 0.3) is 11.6 Å². The fraction of sp³-hybridized carbons (Fsp3) is 0.227. The van der Waals surface area contributed by atoms with Gasteiger partial charge < -0.3 is 9.47 Å². The second kappa shape index (κ2) is 12.1. The molecule has 13 nitrogen and oxygen atoms in total. The quantitative estimate of drug-likeness (QED) is 0.182. The Kier molecular flexibility index (Phi) is 8.97. The molecule has 0 spiro atoms. The number of thioether (sulfide) groups is 1. The van der Waals surface area contributed by atoms with E-state index in [0.29, 0.717) is 20.7 Å². The van der Waals surface area contributed by atoms with Crippen molar-refractivity contribution in [3.8, 4) is 11.5 Å². The van der Waals surface area contributed by atoms with Gasteiger partial charge in [0.05, 0.1) is 35.0 Å². The lowest BCUT2D eigenvalue weighted by Crippen LogP contribution is -2.32. The van der Waals surface area contributed by atoms with Crippen molar-refractivity contribution >= 4 is 63.3 Å². The molecule has 0 saturated carbocycles. The standard InChI is InChI=1S/C22H21N5O8S2/c1-34-17-8-5-13(10-18(17)35-2)11-19-21(29)25(22(36)37-19)9-3-4-20(28)24-23-15-7-6-14(26(30)31)12-16(15)27(32)33/h5-8,10-12,23H,3-4,9H2,1-2H3,(H,24,28). The minimum absolute atomic E-state index is 0.0143. The van der Waals surface area contributed by atoms with E-state index >= 15 is 0 Å². The van der Waals surface area contributed by atoms with Crippen LogP contribution < -0.4 is 20.3 Å². The Hall–Kier alpha value is -4.24. The van der Waals surface area contributed by atoms with Crippen LogP contribution >= 0.6 is 24.0 Å². The Morgan fingerprint density at radius 3 is 2.49 bits per heavy atom. The van der Waals surface area contributed by atoms with Gasteiger partial charge in [-0.15, -0.1) is 0 Å². The summed E-state index contributed by atoms with van der Waals surface area (Å²) in [4.78, 5) is 47.3. The first-order valence-electron chi connectivity index (χ1n) is 10.6. The second-order valence-electron chi connectivity index (χ2n) is 7.44. The minimum atomic E-state index is -0.799. The molecule has 0 aliphatic carbocycles. The fourth-order valence-corrected chi connectivity index (χ4v) is 4.58. The zero-order valence-electron chi connectivity index (χ0n) is 19.6. The molecule has 1 heterocycles. The Bertz CT molecular complexity index is 1300. The van der Waals surface area contributed by atoms with E-state index in [0.717, 1.165) is 35.5 Å². The molecule has 2 amide bonds. The monoisotopic (exact) mass is 547 g/mol. The van der Waals surface area contributed by atoms with Crippen LogP contribution in [0.2, 0.25) is 0 Å². The molecule has 0 bridgehead atoms. The smallest absolute Gasteiger partial charge is 0.300 e. The summed E-state index contributed by atoms with van der Waals surface area (Å²) >= 11 is 6.46. The van der Waals surface area contributed by atoms with E-state index in [9.17, 15) is 29.8 Å². The first-order valence-corrected chi connectivity index (χ1v) is 11.8. The van der Waals surface area contributed by atoms with E-state index in [-0.39, 0.29) is 31.0 Å². The highest BCUT2D eigenvalue weighted by Gasteiger charge is 2.31. The van der Waals surface area contributed by atoms with Crippen molar-refractivity contribution in [1.29, 1.82) is 0 Å². The molecule has 1 aliphatic rings. The van der Waals surface area contributed by atoms with Crippen LogP contribution in [0.5, 0.6) is 11.5 Å². The molecule has 0 radical (unpaired) electrons. The normalized spacial score (nSPS) is 14.0. The summed E-state index contributed by atoms with van der Waals surface area (Å²) in [6.07, 6.45) is 1.94. The number of carbonyl (C=O) groups is 2. The molecule has 1 saturated heterocycles. The van der Waals surface area contributed by atoms with Gasteiger partial charge in [-0.2, -0.15) is 0 Å². The number of nitrogens with zero attached hydrogens (tertiary/aromatic N) is 3. The fourth-order valence-electron chi connectivity index (χ4n) is 3.27. The summed E-state index contributed by atoms with van der Waals surface area (Å²) in [5.74, 6) is 0.289. The highest BCUT2D eigenvalue weighted by molar-refractivity contribution is 8.26. The predicted molar refractivity (Wildman–Crippen MR) is 140 cm³/mol. The number of ether oxygens (including phenoxy) is 2. The van der Waals surface area contributed by atoms with Crippen LogP contribution in [0.15, 0.2) is 41.3 Å². The lowest BCUT2D eigenvalue weighted by Gasteiger charge is -2.14. The summed E-state index contributed by atoms with van der Waals surface area (Å²) in [5.41, 5.74) is 4.32. The molecular formula is C22H21N5O8S2. The van der Waals surface area contributed by atoms with E-state index in [4.69, 9.17) is 21.7 Å². The maximum absolute atomic E-state index is 12.8. The summed E-state index contributed by atoms with van der Waals surface area (Å²) in [6, 6.07) is 8.23. The SMILES string of the molecule is COc1ccc(C=C2SC(=S)N(CCCC(=O)NNc3ccc([N+](=O)[O-])cc3[N+](=O)[O-])C2=O)cc1OC. The summed E-state index contributed by atoms with van der Waals surface area (Å²) < 4.78 is 10.9. The van der Waals surface area contributed by atoms with Gasteiger partial charge in [-0.3, -0.25) is 45.6 Å². The van der Waals surface area contributed by atoms with Gasteiger partial charge in [0.15, 0.2) is 11.5 Å². The average molecular weight is 548 g/mol. The molecule has 2 N–H and O–H groups in total. The van der Waals surface area contributed by atoms with E-state index in [1.807, 2.05) is 0 Å². The van der Waals surface area contributed by atoms with E-state index in [2.05, 4.69) is 10.9 Å². The molecule has 2 aromatic carbocycles. The zero-order valence-corrected chi connectivity index (χ0v) is 21.2. The van der Waals surface area contributed by atoms with Crippen molar-refractivity contribution in [2.75, 3.05) is 26.2 Å². The molecule has 0 aromatic heterocycles. The van der Waals surface area contributed by atoms with Crippen molar-refractivity contribution in [2.24, 2.45) is 0 Å². The maximum Gasteiger partial charge on any atom is 0.300 e. The van der Waals surface area contributed by atoms with Crippen LogP contribution in [0.25, 0.3) is 6.08 Å².